The minimum atomic E-state index is -3.46. The second-order valence-corrected chi connectivity index (χ2v) is 35.2. The second kappa shape index (κ2) is 49.1. The monoisotopic (exact) mass is 1980 g/mol. The lowest BCUT2D eigenvalue weighted by Crippen LogP contribution is -2.48. The molecule has 0 aromatic heterocycles. The zero-order valence-corrected chi connectivity index (χ0v) is 80.2. The lowest BCUT2D eigenvalue weighted by molar-refractivity contribution is -0.0192. The Morgan fingerprint density at radius 3 is 0.594 bits per heavy atom. The zero-order valence-electron chi connectivity index (χ0n) is 149. The molecule has 0 bridgehead atoms. The van der Waals surface area contributed by atoms with Crippen LogP contribution < -0.4 is 56.8 Å². The van der Waals surface area contributed by atoms with Gasteiger partial charge in [-0.05, 0) is 326 Å². The van der Waals surface area contributed by atoms with Gasteiger partial charge in [0.25, 0.3) is 0 Å². The number of methoxy groups -OCH3 is 12. The molecule has 21 atom stereocenters. The third-order valence-electron chi connectivity index (χ3n) is 24.1. The molecule has 6 aromatic rings. The molecule has 24 nitrogen and oxygen atoms in total. The lowest BCUT2D eigenvalue weighted by Gasteiger charge is -2.46. The molecule has 6 fully saturated rings. The first-order valence-corrected chi connectivity index (χ1v) is 44.8. The summed E-state index contributed by atoms with van der Waals surface area (Å²) in [4.78, 5) is 2.31. The molecule has 18 rings (SSSR count). The second-order valence-electron chi connectivity index (χ2n) is 35.2. The summed E-state index contributed by atoms with van der Waals surface area (Å²) < 4.78 is 641. The summed E-state index contributed by atoms with van der Waals surface area (Å²) in [5.41, 5.74) is -3.15. The maximum atomic E-state index is 11.1. The summed E-state index contributed by atoms with van der Waals surface area (Å²) in [5.74, 6) is -20.4. The molecule has 6 N–H and O–H groups in total. The van der Waals surface area contributed by atoms with Crippen molar-refractivity contribution in [2.24, 2.45) is 70.9 Å². The molecule has 24 heteroatoms. The highest BCUT2D eigenvalue weighted by molar-refractivity contribution is 5.55. The van der Waals surface area contributed by atoms with Crippen LogP contribution in [0.4, 0.5) is 0 Å². The van der Waals surface area contributed by atoms with Gasteiger partial charge in [-0.2, -0.15) is 0 Å². The molecular weight excluding hydrogens is 1740 g/mol. The number of ether oxygens (including phenoxy) is 12. The van der Waals surface area contributed by atoms with Gasteiger partial charge in [0.1, 0.15) is 0 Å². The summed E-state index contributed by atoms with van der Waals surface area (Å²) in [6.07, 6.45) is -40.4. The van der Waals surface area contributed by atoms with Crippen molar-refractivity contribution in [3.05, 3.63) is 140 Å². The first-order valence-electron chi connectivity index (χ1n) is 79.3. The first kappa shape index (κ1) is 48.9. The molecule has 0 amide bonds. The molecule has 21 unspecified atom stereocenters. The smallest absolute Gasteiger partial charge is 0.161 e. The van der Waals surface area contributed by atoms with Crippen molar-refractivity contribution in [2.75, 3.05) is 163 Å². The van der Waals surface area contributed by atoms with E-state index in [9.17, 15) is 38.9 Å². The molecule has 12 aliphatic rings. The van der Waals surface area contributed by atoms with E-state index in [1.807, 2.05) is 41.5 Å². The van der Waals surface area contributed by atoms with Crippen LogP contribution in [0.3, 0.4) is 0 Å². The number of aliphatic hydroxyl groups is 6. The molecular formula is C114H174N6O18. The van der Waals surface area contributed by atoms with Gasteiger partial charge in [0.2, 0.25) is 0 Å². The lowest BCUT2D eigenvalue weighted by atomic mass is 9.79. The number of aryl methyl sites for hydroxylation is 6. The number of piperidine rings is 6. The number of hydrogen-bond acceptors (Lipinski definition) is 24. The Balaban J connectivity index is 0.000000199. The van der Waals surface area contributed by atoms with Gasteiger partial charge in [0.05, 0.1) is 142 Å². The number of benzene rings is 6. The number of rotatable bonds is 24. The van der Waals surface area contributed by atoms with E-state index in [4.69, 9.17) is 143 Å². The molecule has 138 heavy (non-hydrogen) atoms. The number of fused-ring (bicyclic) bond motifs is 18. The fraction of sp³-hybridized carbons (Fsp3) is 0.684. The third kappa shape index (κ3) is 25.4. The number of hydrogen-bond donors (Lipinski definition) is 6. The Bertz CT molecular complexity index is 7990. The normalized spacial score (nSPS) is 46.8. The van der Waals surface area contributed by atoms with Crippen molar-refractivity contribution < 1.29 is 182 Å². The van der Waals surface area contributed by atoms with E-state index in [1.54, 1.807) is 0 Å². The van der Waals surface area contributed by atoms with Gasteiger partial charge in [0.15, 0.2) is 69.0 Å². The summed E-state index contributed by atoms with van der Waals surface area (Å²) >= 11 is 0. The molecule has 0 radical (unpaired) electrons. The molecule has 768 valence electrons. The predicted molar refractivity (Wildman–Crippen MR) is 547 cm³/mol. The van der Waals surface area contributed by atoms with Crippen LogP contribution in [0.5, 0.6) is 69.0 Å². The molecule has 6 aromatic carbocycles. The van der Waals surface area contributed by atoms with Gasteiger partial charge < -0.3 is 87.5 Å². The minimum Gasteiger partial charge on any atom is -0.493 e. The van der Waals surface area contributed by atoms with E-state index < -0.39 is 352 Å². The van der Waals surface area contributed by atoms with Crippen molar-refractivity contribution in [3.8, 4) is 69.0 Å². The first-order chi connectivity index (χ1) is 92.3. The summed E-state index contributed by atoms with van der Waals surface area (Å²) in [6, 6.07) is -0.668. The standard InChI is InChI=1S/6C19H29NO3/c6*1-12(2)7-14-11-20-6-5-13-8-18(22-3)19(23-4)9-15(13)16(20)10-17(14)21/h6*8-9,12,14,16-17,21H,5-7,10-11H2,1-4H3/i1D3,4D3,5D2,6D2,7D2,11D2,12D,16D;2*1D3,5D2,6D2,7D2,11D2,12D,16D;2*4D3,5D2,6D2,11D2,16D;5D2,6D2,11D2,16D. The SMILES string of the molecule is [2H]C([2H])([2H])Oc1cc2c(cc1OC)C([2H])([2H])C([2H])([2H])N1C2([2H])CC(O)C(C([2H])([2H])C([2H])(C)C([2H])([2H])[2H])C1([2H])[2H].[2H]C([2H])([2H])Oc1cc2c(cc1OC)C([2H])([2H])C([2H])([2H])N1C2([2H])CC(O)C(CC(C)C)C1([2H])[2H].[2H]C([2H])([2H])Oc1cc2c(cc1OC)C([2H])([2H])C([2H])([2H])N1C2([2H])CC(O)C(CC(C)C)C1([2H])[2H].[2H]C12CC(O)C(C([2H])([2H])C([2H])(C)C([2H])([2H])[2H])C([2H])([2H])N1C([2H])([2H])C([2H])([2H])c1cc(OC)c(OC)cc12.[2H]C12CC(O)C(C([2H])([2H])C([2H])(C)C([2H])([2H])[2H])C([2H])([2H])N1C([2H])([2H])C([2H])([2H])c1cc(OC)c(OC)cc12.[2H]C12CC(O)C(CC(C)C)C([2H])([2H])N1C([2H])([2H])C([2H])([2H])c1cc(OC)c(OC)cc12. The van der Waals surface area contributed by atoms with Gasteiger partial charge in [-0.25, -0.2) is 0 Å². The summed E-state index contributed by atoms with van der Waals surface area (Å²) in [7, 11) is 2.60. The van der Waals surface area contributed by atoms with Crippen LogP contribution in [0.1, 0.15) is 357 Å². The van der Waals surface area contributed by atoms with E-state index in [0.29, 0.717) is 21.6 Å². The van der Waals surface area contributed by atoms with Crippen LogP contribution in [-0.2, 0) is 38.2 Å². The molecule has 0 saturated carbocycles. The van der Waals surface area contributed by atoms with Crippen molar-refractivity contribution in [1.82, 2.24) is 29.4 Å². The van der Waals surface area contributed by atoms with Gasteiger partial charge >= 0.3 is 0 Å². The van der Waals surface area contributed by atoms with E-state index >= 15 is 0 Å². The Morgan fingerprint density at radius 1 is 0.275 bits per heavy atom. The quantitative estimate of drug-likeness (QED) is 0.0329. The van der Waals surface area contributed by atoms with Crippen LogP contribution in [-0.4, -0.2) is 260 Å². The van der Waals surface area contributed by atoms with E-state index in [1.165, 1.54) is 81.1 Å². The zero-order chi connectivity index (χ0) is 160. The van der Waals surface area contributed by atoms with Gasteiger partial charge in [0, 0.05) is 188 Å². The average molecular weight is 1990 g/mol. The molecule has 12 heterocycles. The van der Waals surface area contributed by atoms with Crippen LogP contribution in [0.2, 0.25) is 0 Å². The van der Waals surface area contributed by atoms with Crippen molar-refractivity contribution in [3.63, 3.8) is 0 Å². The third-order valence-corrected chi connectivity index (χ3v) is 24.1. The summed E-state index contributed by atoms with van der Waals surface area (Å²) in [6.45, 7) is -33.2. The molecule has 12 aliphatic heterocycles. The van der Waals surface area contributed by atoms with Gasteiger partial charge in [-0.3, -0.25) is 29.4 Å². The number of aliphatic hydroxyl groups excluding tert-OH is 6. The molecule has 0 spiro atoms. The summed E-state index contributed by atoms with van der Waals surface area (Å²) in [5, 5.41) is 65.9. The fourth-order valence-electron chi connectivity index (χ4n) is 17.4. The Hall–Kier alpha value is -7.56. The minimum absolute atomic E-state index is 0.0296. The Labute approximate surface area is 924 Å². The van der Waals surface area contributed by atoms with Crippen LogP contribution in [0, 0.1) is 70.9 Å². The number of nitrogens with zero attached hydrogens (tertiary/aromatic N) is 6. The Kier molecular flexibility index (Phi) is 17.4. The van der Waals surface area contributed by atoms with Gasteiger partial charge in [-0.1, -0.05) is 82.9 Å². The van der Waals surface area contributed by atoms with Crippen LogP contribution in [0.15, 0.2) is 72.8 Å². The highest BCUT2D eigenvalue weighted by Gasteiger charge is 2.47. The average Bonchev–Trinajstić information content (AvgIpc) is 0.654. The van der Waals surface area contributed by atoms with Crippen molar-refractivity contribution in [1.29, 1.82) is 0 Å². The van der Waals surface area contributed by atoms with Crippen LogP contribution >= 0.6 is 0 Å². The van der Waals surface area contributed by atoms with Crippen molar-refractivity contribution >= 4 is 0 Å². The van der Waals surface area contributed by atoms with E-state index in [-0.39, 0.29) is 177 Å². The maximum Gasteiger partial charge on any atom is 0.161 e. The highest BCUT2D eigenvalue weighted by atomic mass is 16.5. The van der Waals surface area contributed by atoms with Crippen molar-refractivity contribution in [2.45, 2.75) is 271 Å². The van der Waals surface area contributed by atoms with E-state index in [2.05, 4.69) is 0 Å². The van der Waals surface area contributed by atoms with E-state index in [0.717, 1.165) is 69.5 Å². The highest BCUT2D eigenvalue weighted by Crippen LogP contribution is 2.52. The largest absolute Gasteiger partial charge is 0.493 e. The molecule has 6 saturated heterocycles. The maximum absolute atomic E-state index is 11.1. The van der Waals surface area contributed by atoms with Crippen LogP contribution in [0.25, 0.3) is 0 Å². The fourth-order valence-corrected chi connectivity index (χ4v) is 17.4. The van der Waals surface area contributed by atoms with Gasteiger partial charge in [-0.15, -0.1) is 0 Å². The Morgan fingerprint density at radius 2 is 0.435 bits per heavy atom. The predicted octanol–water partition coefficient (Wildman–Crippen LogP) is 18.2. The topological polar surface area (TPSA) is 252 Å². The molecule has 0 aliphatic carbocycles.